The lowest BCUT2D eigenvalue weighted by Crippen LogP contribution is -2.43. The van der Waals surface area contributed by atoms with Gasteiger partial charge in [0.1, 0.15) is 5.82 Å². The van der Waals surface area contributed by atoms with Gasteiger partial charge in [0.2, 0.25) is 5.91 Å². The van der Waals surface area contributed by atoms with E-state index in [9.17, 15) is 9.18 Å². The van der Waals surface area contributed by atoms with Crippen molar-refractivity contribution in [3.05, 3.63) is 59.9 Å². The summed E-state index contributed by atoms with van der Waals surface area (Å²) in [5.41, 5.74) is 3.55. The highest BCUT2D eigenvalue weighted by Gasteiger charge is 2.30. The lowest BCUT2D eigenvalue weighted by atomic mass is 9.94. The molecule has 1 aliphatic rings. The molecule has 24 heavy (non-hydrogen) atoms. The SMILES string of the molecule is CCCC(=O)N1c2ccccc2C(=Nc2ccc(F)cc2)CC1C. The van der Waals surface area contributed by atoms with Crippen LogP contribution in [0.4, 0.5) is 15.8 Å². The molecule has 1 atom stereocenters. The maximum atomic E-state index is 13.1. The van der Waals surface area contributed by atoms with Gasteiger partial charge in [-0.1, -0.05) is 25.1 Å². The number of amides is 1. The molecule has 124 valence electrons. The molecule has 3 nitrogen and oxygen atoms in total. The van der Waals surface area contributed by atoms with E-state index >= 15 is 0 Å². The van der Waals surface area contributed by atoms with Gasteiger partial charge in [0.05, 0.1) is 17.1 Å². The number of rotatable bonds is 3. The van der Waals surface area contributed by atoms with E-state index in [0.29, 0.717) is 12.8 Å². The molecule has 0 saturated carbocycles. The summed E-state index contributed by atoms with van der Waals surface area (Å²) in [6.45, 7) is 4.06. The molecule has 2 aromatic rings. The van der Waals surface area contributed by atoms with Gasteiger partial charge in [-0.15, -0.1) is 0 Å². The number of nitrogens with zero attached hydrogens (tertiary/aromatic N) is 2. The summed E-state index contributed by atoms with van der Waals surface area (Å²) in [7, 11) is 0. The van der Waals surface area contributed by atoms with Gasteiger partial charge in [-0.3, -0.25) is 9.79 Å². The smallest absolute Gasteiger partial charge is 0.227 e. The average molecular weight is 324 g/mol. The van der Waals surface area contributed by atoms with Crippen LogP contribution < -0.4 is 4.90 Å². The number of hydrogen-bond acceptors (Lipinski definition) is 2. The summed E-state index contributed by atoms with van der Waals surface area (Å²) in [6.07, 6.45) is 2.06. The van der Waals surface area contributed by atoms with Gasteiger partial charge >= 0.3 is 0 Å². The fourth-order valence-electron chi connectivity index (χ4n) is 3.14. The summed E-state index contributed by atoms with van der Waals surface area (Å²) in [5, 5.41) is 0. The Labute approximate surface area is 141 Å². The first-order valence-corrected chi connectivity index (χ1v) is 8.34. The minimum atomic E-state index is -0.271. The zero-order chi connectivity index (χ0) is 17.1. The van der Waals surface area contributed by atoms with Crippen molar-refractivity contribution in [3.8, 4) is 0 Å². The summed E-state index contributed by atoms with van der Waals surface area (Å²) >= 11 is 0. The van der Waals surface area contributed by atoms with Crippen LogP contribution in [-0.4, -0.2) is 17.7 Å². The largest absolute Gasteiger partial charge is 0.309 e. The first-order chi connectivity index (χ1) is 11.6. The summed E-state index contributed by atoms with van der Waals surface area (Å²) < 4.78 is 13.1. The maximum absolute atomic E-state index is 13.1. The van der Waals surface area contributed by atoms with Crippen molar-refractivity contribution >= 4 is 23.0 Å². The number of fused-ring (bicyclic) bond motifs is 1. The van der Waals surface area contributed by atoms with Crippen LogP contribution in [-0.2, 0) is 4.79 Å². The number of halogens is 1. The van der Waals surface area contributed by atoms with Gasteiger partial charge in [-0.2, -0.15) is 0 Å². The van der Waals surface area contributed by atoms with Crippen LogP contribution in [0.3, 0.4) is 0 Å². The van der Waals surface area contributed by atoms with Crippen LogP contribution in [0.15, 0.2) is 53.5 Å². The van der Waals surface area contributed by atoms with Crippen molar-refractivity contribution in [2.45, 2.75) is 39.2 Å². The Hall–Kier alpha value is -2.49. The first kappa shape index (κ1) is 16.4. The summed E-state index contributed by atoms with van der Waals surface area (Å²) in [6, 6.07) is 14.1. The molecule has 4 heteroatoms. The maximum Gasteiger partial charge on any atom is 0.227 e. The normalized spacial score (nSPS) is 18.5. The summed E-state index contributed by atoms with van der Waals surface area (Å²) in [4.78, 5) is 19.1. The Morgan fingerprint density at radius 2 is 1.92 bits per heavy atom. The molecule has 0 aliphatic carbocycles. The molecule has 1 amide bonds. The lowest BCUT2D eigenvalue weighted by molar-refractivity contribution is -0.119. The average Bonchev–Trinajstić information content (AvgIpc) is 2.57. The van der Waals surface area contributed by atoms with Gasteiger partial charge in [-0.25, -0.2) is 4.39 Å². The predicted molar refractivity (Wildman–Crippen MR) is 95.5 cm³/mol. The molecule has 0 fully saturated rings. The lowest BCUT2D eigenvalue weighted by Gasteiger charge is -2.36. The molecule has 1 aliphatic heterocycles. The summed E-state index contributed by atoms with van der Waals surface area (Å²) in [5.74, 6) is -0.119. The molecule has 3 rings (SSSR count). The molecule has 0 bridgehead atoms. The third-order valence-electron chi connectivity index (χ3n) is 4.23. The Morgan fingerprint density at radius 1 is 1.21 bits per heavy atom. The molecular formula is C20H21FN2O. The number of aliphatic imine (C=N–C) groups is 1. The second-order valence-electron chi connectivity index (χ2n) is 6.12. The molecule has 1 unspecified atom stereocenters. The Morgan fingerprint density at radius 3 is 2.62 bits per heavy atom. The molecular weight excluding hydrogens is 303 g/mol. The van der Waals surface area contributed by atoms with Gasteiger partial charge in [0, 0.05) is 24.4 Å². The number of anilines is 1. The van der Waals surface area contributed by atoms with Crippen molar-refractivity contribution in [2.75, 3.05) is 4.90 Å². The molecule has 2 aromatic carbocycles. The van der Waals surface area contributed by atoms with Crippen molar-refractivity contribution in [1.82, 2.24) is 0 Å². The molecule has 0 spiro atoms. The standard InChI is InChI=1S/C20H21FN2O/c1-3-6-20(24)23-14(2)13-18(17-7-4-5-8-19(17)23)22-16-11-9-15(21)10-12-16/h4-5,7-12,14H,3,6,13H2,1-2H3. The van der Waals surface area contributed by atoms with Crippen molar-refractivity contribution < 1.29 is 9.18 Å². The van der Waals surface area contributed by atoms with E-state index in [-0.39, 0.29) is 17.8 Å². The quantitative estimate of drug-likeness (QED) is 0.792. The van der Waals surface area contributed by atoms with Crippen LogP contribution in [0.2, 0.25) is 0 Å². The fraction of sp³-hybridized carbons (Fsp3) is 0.300. The number of carbonyl (C=O) groups is 1. The van der Waals surface area contributed by atoms with Crippen molar-refractivity contribution in [1.29, 1.82) is 0 Å². The van der Waals surface area contributed by atoms with Crippen LogP contribution in [0.5, 0.6) is 0 Å². The molecule has 0 N–H and O–H groups in total. The van der Waals surface area contributed by atoms with Crippen molar-refractivity contribution in [2.24, 2.45) is 4.99 Å². The van der Waals surface area contributed by atoms with Crippen LogP contribution in [0.1, 0.15) is 38.7 Å². The molecule has 0 saturated heterocycles. The second-order valence-corrected chi connectivity index (χ2v) is 6.12. The Kier molecular flexibility index (Phi) is 4.74. The minimum absolute atomic E-state index is 0.0538. The zero-order valence-electron chi connectivity index (χ0n) is 14.0. The zero-order valence-corrected chi connectivity index (χ0v) is 14.0. The number of para-hydroxylation sites is 1. The van der Waals surface area contributed by atoms with E-state index in [0.717, 1.165) is 29.1 Å². The predicted octanol–water partition coefficient (Wildman–Crippen LogP) is 4.87. The molecule has 0 radical (unpaired) electrons. The van der Waals surface area contributed by atoms with Gasteiger partial charge in [-0.05, 0) is 43.7 Å². The van der Waals surface area contributed by atoms with Crippen LogP contribution >= 0.6 is 0 Å². The van der Waals surface area contributed by atoms with E-state index in [1.54, 1.807) is 12.1 Å². The fourth-order valence-corrected chi connectivity index (χ4v) is 3.14. The highest BCUT2D eigenvalue weighted by molar-refractivity contribution is 6.12. The topological polar surface area (TPSA) is 32.7 Å². The highest BCUT2D eigenvalue weighted by atomic mass is 19.1. The van der Waals surface area contributed by atoms with E-state index in [1.807, 2.05) is 43.0 Å². The van der Waals surface area contributed by atoms with Gasteiger partial charge in [0.25, 0.3) is 0 Å². The second kappa shape index (κ2) is 6.95. The van der Waals surface area contributed by atoms with E-state index in [4.69, 9.17) is 4.99 Å². The number of carbonyl (C=O) groups excluding carboxylic acids is 1. The number of hydrogen-bond donors (Lipinski definition) is 0. The van der Waals surface area contributed by atoms with Crippen LogP contribution in [0.25, 0.3) is 0 Å². The number of benzene rings is 2. The Balaban J connectivity index is 2.02. The molecule has 1 heterocycles. The van der Waals surface area contributed by atoms with Gasteiger partial charge in [0.15, 0.2) is 0 Å². The van der Waals surface area contributed by atoms with E-state index in [1.165, 1.54) is 12.1 Å². The van der Waals surface area contributed by atoms with Crippen molar-refractivity contribution in [3.63, 3.8) is 0 Å². The third kappa shape index (κ3) is 3.23. The monoisotopic (exact) mass is 324 g/mol. The molecule has 0 aromatic heterocycles. The first-order valence-electron chi connectivity index (χ1n) is 8.34. The van der Waals surface area contributed by atoms with E-state index in [2.05, 4.69) is 0 Å². The third-order valence-corrected chi connectivity index (χ3v) is 4.23. The highest BCUT2D eigenvalue weighted by Crippen LogP contribution is 2.33. The van der Waals surface area contributed by atoms with Crippen LogP contribution in [0, 0.1) is 5.82 Å². The minimum Gasteiger partial charge on any atom is -0.309 e. The van der Waals surface area contributed by atoms with E-state index < -0.39 is 0 Å². The van der Waals surface area contributed by atoms with Gasteiger partial charge < -0.3 is 4.90 Å². The Bertz CT molecular complexity index is 767.